The highest BCUT2D eigenvalue weighted by molar-refractivity contribution is 5.16. The molecule has 1 heterocycles. The predicted molar refractivity (Wildman–Crippen MR) is 134 cm³/mol. The van der Waals surface area contributed by atoms with E-state index < -0.39 is 5.72 Å². The van der Waals surface area contributed by atoms with Gasteiger partial charge in [-0.25, -0.2) is 0 Å². The molecule has 0 bridgehead atoms. The van der Waals surface area contributed by atoms with Crippen LogP contribution in [0.2, 0.25) is 0 Å². The Bertz CT molecular complexity index is 1010. The number of hydrogen-bond donors (Lipinski definition) is 0. The molecule has 0 N–H and O–H groups in total. The van der Waals surface area contributed by atoms with Crippen molar-refractivity contribution >= 4 is 0 Å². The first-order chi connectivity index (χ1) is 16.7. The Morgan fingerprint density at radius 2 is 1.21 bits per heavy atom. The second kappa shape index (κ2) is 10.8. The van der Waals surface area contributed by atoms with Crippen molar-refractivity contribution in [3.8, 4) is 0 Å². The summed E-state index contributed by atoms with van der Waals surface area (Å²) in [6.07, 6.45) is 2.34. The summed E-state index contributed by atoms with van der Waals surface area (Å²) < 4.78 is 19.9. The van der Waals surface area contributed by atoms with Crippen molar-refractivity contribution in [2.45, 2.75) is 57.5 Å². The van der Waals surface area contributed by atoms with E-state index in [1.54, 1.807) is 0 Å². The van der Waals surface area contributed by atoms with Crippen LogP contribution in [0.4, 0.5) is 0 Å². The molecular formula is C30H35NO3. The predicted octanol–water partition coefficient (Wildman–Crippen LogP) is 5.82. The third-order valence-electron chi connectivity index (χ3n) is 7.02. The van der Waals surface area contributed by atoms with Crippen molar-refractivity contribution < 1.29 is 14.2 Å². The normalized spacial score (nSPS) is 25.0. The van der Waals surface area contributed by atoms with E-state index in [0.29, 0.717) is 19.8 Å². The number of ether oxygens (including phenoxy) is 3. The molecule has 4 heteroatoms. The van der Waals surface area contributed by atoms with Gasteiger partial charge in [0.2, 0.25) is 0 Å². The Hall–Kier alpha value is -2.50. The van der Waals surface area contributed by atoms with Gasteiger partial charge >= 0.3 is 0 Å². The Labute approximate surface area is 203 Å². The highest BCUT2D eigenvalue weighted by Gasteiger charge is 2.54. The van der Waals surface area contributed by atoms with Crippen molar-refractivity contribution in [2.75, 3.05) is 13.1 Å². The van der Waals surface area contributed by atoms with Crippen LogP contribution in [0.15, 0.2) is 91.0 Å². The first-order valence-electron chi connectivity index (χ1n) is 12.4. The van der Waals surface area contributed by atoms with E-state index >= 15 is 0 Å². The van der Waals surface area contributed by atoms with Crippen molar-refractivity contribution in [1.82, 2.24) is 4.90 Å². The van der Waals surface area contributed by atoms with E-state index in [-0.39, 0.29) is 12.2 Å². The molecule has 5 rings (SSSR count). The molecule has 0 unspecified atom stereocenters. The van der Waals surface area contributed by atoms with Gasteiger partial charge in [-0.1, -0.05) is 91.0 Å². The second-order valence-electron chi connectivity index (χ2n) is 9.73. The topological polar surface area (TPSA) is 30.9 Å². The van der Waals surface area contributed by atoms with Crippen LogP contribution < -0.4 is 0 Å². The van der Waals surface area contributed by atoms with Crippen molar-refractivity contribution in [3.63, 3.8) is 0 Å². The molecule has 0 radical (unpaired) electrons. The lowest BCUT2D eigenvalue weighted by Gasteiger charge is -2.39. The maximum absolute atomic E-state index is 6.72. The smallest absolute Gasteiger partial charge is 0.148 e. The summed E-state index contributed by atoms with van der Waals surface area (Å²) in [7, 11) is 0. The summed E-state index contributed by atoms with van der Waals surface area (Å²) in [6, 6.07) is 31.2. The quantitative estimate of drug-likeness (QED) is 0.363. The molecule has 3 atom stereocenters. The summed E-state index contributed by atoms with van der Waals surface area (Å²) in [4.78, 5) is 2.47. The van der Waals surface area contributed by atoms with Gasteiger partial charge in [-0.2, -0.15) is 0 Å². The Kier molecular flexibility index (Phi) is 7.41. The van der Waals surface area contributed by atoms with Crippen LogP contribution in [0.1, 0.15) is 36.5 Å². The van der Waals surface area contributed by atoms with E-state index in [2.05, 4.69) is 84.6 Å². The van der Waals surface area contributed by atoms with Gasteiger partial charge in [-0.15, -0.1) is 0 Å². The molecule has 3 aromatic rings. The van der Waals surface area contributed by atoms with Crippen molar-refractivity contribution in [2.24, 2.45) is 5.92 Å². The van der Waals surface area contributed by atoms with Crippen LogP contribution in [0.5, 0.6) is 0 Å². The third kappa shape index (κ3) is 5.76. The second-order valence-corrected chi connectivity index (χ2v) is 9.73. The summed E-state index contributed by atoms with van der Waals surface area (Å²) in [6.45, 7) is 5.70. The number of rotatable bonds is 11. The minimum Gasteiger partial charge on any atom is -0.369 e. The van der Waals surface area contributed by atoms with E-state index in [9.17, 15) is 0 Å². The SMILES string of the molecule is C[C@@]1(OCc2ccccc2)[C@H](OCc2ccccc2)[C@H](OCc2ccccc2)CN1CC1CC1. The van der Waals surface area contributed by atoms with Gasteiger partial charge in [-0.05, 0) is 42.4 Å². The molecule has 0 spiro atoms. The lowest BCUT2D eigenvalue weighted by atomic mass is 10.1. The Balaban J connectivity index is 1.36. The Morgan fingerprint density at radius 1 is 0.706 bits per heavy atom. The summed E-state index contributed by atoms with van der Waals surface area (Å²) >= 11 is 0. The monoisotopic (exact) mass is 457 g/mol. The zero-order chi connectivity index (χ0) is 23.2. The zero-order valence-electron chi connectivity index (χ0n) is 20.0. The molecule has 34 heavy (non-hydrogen) atoms. The first-order valence-corrected chi connectivity index (χ1v) is 12.4. The summed E-state index contributed by atoms with van der Waals surface area (Å²) in [5.41, 5.74) is 2.95. The van der Waals surface area contributed by atoms with Gasteiger partial charge < -0.3 is 14.2 Å². The lowest BCUT2D eigenvalue weighted by Crippen LogP contribution is -2.52. The van der Waals surface area contributed by atoms with Crippen LogP contribution in [0.25, 0.3) is 0 Å². The minimum atomic E-state index is -0.561. The number of nitrogens with zero attached hydrogens (tertiary/aromatic N) is 1. The van der Waals surface area contributed by atoms with Crippen LogP contribution in [0.3, 0.4) is 0 Å². The zero-order valence-corrected chi connectivity index (χ0v) is 20.0. The number of likely N-dealkylation sites (tertiary alicyclic amines) is 1. The average Bonchev–Trinajstić information content (AvgIpc) is 3.67. The number of benzene rings is 3. The van der Waals surface area contributed by atoms with Crippen LogP contribution in [-0.2, 0) is 34.0 Å². The minimum absolute atomic E-state index is 0.0663. The summed E-state index contributed by atoms with van der Waals surface area (Å²) in [5.74, 6) is 0.752. The van der Waals surface area contributed by atoms with E-state index in [1.807, 2.05) is 18.2 Å². The molecule has 0 amide bonds. The molecule has 2 aliphatic rings. The van der Waals surface area contributed by atoms with E-state index in [1.165, 1.54) is 24.0 Å². The fourth-order valence-electron chi connectivity index (χ4n) is 4.80. The molecule has 1 saturated heterocycles. The molecule has 178 valence electrons. The lowest BCUT2D eigenvalue weighted by molar-refractivity contribution is -0.207. The van der Waals surface area contributed by atoms with Gasteiger partial charge in [0.05, 0.1) is 19.8 Å². The van der Waals surface area contributed by atoms with Crippen molar-refractivity contribution in [1.29, 1.82) is 0 Å². The van der Waals surface area contributed by atoms with E-state index in [4.69, 9.17) is 14.2 Å². The third-order valence-corrected chi connectivity index (χ3v) is 7.02. The highest BCUT2D eigenvalue weighted by atomic mass is 16.6. The Morgan fingerprint density at radius 3 is 1.74 bits per heavy atom. The fourth-order valence-corrected chi connectivity index (χ4v) is 4.80. The fraction of sp³-hybridized carbons (Fsp3) is 0.400. The molecule has 0 aromatic heterocycles. The van der Waals surface area contributed by atoms with Gasteiger partial charge in [0.15, 0.2) is 0 Å². The standard InChI is InChI=1S/C30H35NO3/c1-30(34-23-27-15-9-4-10-16-27)29(33-22-26-13-7-3-8-14-26)28(20-31(30)19-24-17-18-24)32-21-25-11-5-2-6-12-25/h2-16,24,28-29H,17-23H2,1H3/t28-,29-,30-/m1/s1. The molecule has 4 nitrogen and oxygen atoms in total. The summed E-state index contributed by atoms with van der Waals surface area (Å²) in [5, 5.41) is 0. The molecule has 3 aromatic carbocycles. The maximum atomic E-state index is 6.72. The molecule has 1 aliphatic carbocycles. The van der Waals surface area contributed by atoms with Gasteiger partial charge in [0.1, 0.15) is 17.9 Å². The highest BCUT2D eigenvalue weighted by Crippen LogP contribution is 2.40. The largest absolute Gasteiger partial charge is 0.369 e. The van der Waals surface area contributed by atoms with Gasteiger partial charge in [0, 0.05) is 13.1 Å². The van der Waals surface area contributed by atoms with E-state index in [0.717, 1.165) is 24.6 Å². The van der Waals surface area contributed by atoms with Crippen molar-refractivity contribution in [3.05, 3.63) is 108 Å². The van der Waals surface area contributed by atoms with Crippen LogP contribution in [-0.4, -0.2) is 35.9 Å². The van der Waals surface area contributed by atoms with Crippen LogP contribution >= 0.6 is 0 Å². The van der Waals surface area contributed by atoms with Crippen LogP contribution in [0, 0.1) is 5.92 Å². The first kappa shape index (κ1) is 23.3. The number of hydrogen-bond acceptors (Lipinski definition) is 4. The average molecular weight is 458 g/mol. The molecule has 2 fully saturated rings. The molecular weight excluding hydrogens is 422 g/mol. The molecule has 1 saturated carbocycles. The molecule has 1 aliphatic heterocycles. The maximum Gasteiger partial charge on any atom is 0.148 e. The van der Waals surface area contributed by atoms with Gasteiger partial charge in [0.25, 0.3) is 0 Å². The van der Waals surface area contributed by atoms with Gasteiger partial charge in [-0.3, -0.25) is 4.90 Å².